The Morgan fingerprint density at radius 1 is 1.38 bits per heavy atom. The van der Waals surface area contributed by atoms with Crippen molar-refractivity contribution in [1.29, 1.82) is 0 Å². The van der Waals surface area contributed by atoms with E-state index in [1.54, 1.807) is 0 Å². The second-order valence-corrected chi connectivity index (χ2v) is 4.57. The van der Waals surface area contributed by atoms with Crippen LogP contribution in [0.5, 0.6) is 0 Å². The molecule has 46 valence electrons. The molecule has 2 saturated heterocycles. The van der Waals surface area contributed by atoms with Crippen molar-refractivity contribution in [1.82, 2.24) is 0 Å². The third kappa shape index (κ3) is 0.561. The highest BCUT2D eigenvalue weighted by Gasteiger charge is 2.37. The summed E-state index contributed by atoms with van der Waals surface area (Å²) in [6.45, 7) is 0. The highest BCUT2D eigenvalue weighted by Crippen LogP contribution is 2.40. The van der Waals surface area contributed by atoms with Gasteiger partial charge in [-0.2, -0.15) is 0 Å². The monoisotopic (exact) mass is 128 g/mol. The topological polar surface area (TPSA) is 9.23 Å². The Morgan fingerprint density at radius 3 is 2.50 bits per heavy atom. The number of hydrogen-bond acceptors (Lipinski definition) is 1. The lowest BCUT2D eigenvalue weighted by atomic mass is 10.0. The lowest BCUT2D eigenvalue weighted by Gasteiger charge is -2.11. The first kappa shape index (κ1) is 5.00. The molecular formula is C6H12OSi. The fourth-order valence-electron chi connectivity index (χ4n) is 1.89. The van der Waals surface area contributed by atoms with Crippen molar-refractivity contribution in [2.24, 2.45) is 0 Å². The molecule has 2 aliphatic rings. The standard InChI is InChI=1S/C6H12OSi/c8-6-3-4-1-2-5(6)7-4/h4-6H,1-3H2,8H3. The summed E-state index contributed by atoms with van der Waals surface area (Å²) in [5, 5.41) is 0. The quantitative estimate of drug-likeness (QED) is 0.420. The molecule has 0 N–H and O–H groups in total. The van der Waals surface area contributed by atoms with Gasteiger partial charge in [0.2, 0.25) is 0 Å². The van der Waals surface area contributed by atoms with Gasteiger partial charge in [-0.1, -0.05) is 0 Å². The molecule has 2 rings (SSSR count). The summed E-state index contributed by atoms with van der Waals surface area (Å²) in [6, 6.07) is 0. The van der Waals surface area contributed by atoms with Crippen molar-refractivity contribution in [2.75, 3.05) is 0 Å². The smallest absolute Gasteiger partial charge is 0.0580 e. The minimum absolute atomic E-state index is 0.683. The summed E-state index contributed by atoms with van der Waals surface area (Å²) in [7, 11) is 1.35. The van der Waals surface area contributed by atoms with E-state index in [2.05, 4.69) is 0 Å². The van der Waals surface area contributed by atoms with Crippen LogP contribution >= 0.6 is 0 Å². The third-order valence-electron chi connectivity index (χ3n) is 2.41. The van der Waals surface area contributed by atoms with E-state index in [1.165, 1.54) is 29.5 Å². The second-order valence-electron chi connectivity index (χ2n) is 3.09. The van der Waals surface area contributed by atoms with Crippen LogP contribution < -0.4 is 0 Å². The first-order valence-corrected chi connectivity index (χ1v) is 4.67. The molecule has 2 bridgehead atoms. The molecule has 2 heterocycles. The summed E-state index contributed by atoms with van der Waals surface area (Å²) < 4.78 is 5.62. The average molecular weight is 128 g/mol. The van der Waals surface area contributed by atoms with E-state index in [0.717, 1.165) is 5.54 Å². The highest BCUT2D eigenvalue weighted by atomic mass is 28.1. The fourth-order valence-corrected chi connectivity index (χ4v) is 2.91. The Hall–Kier alpha value is 0.177. The number of rotatable bonds is 0. The van der Waals surface area contributed by atoms with Crippen LogP contribution in [0.4, 0.5) is 0 Å². The van der Waals surface area contributed by atoms with Gasteiger partial charge < -0.3 is 4.74 Å². The van der Waals surface area contributed by atoms with E-state index in [-0.39, 0.29) is 0 Å². The minimum atomic E-state index is 0.683. The maximum atomic E-state index is 5.62. The summed E-state index contributed by atoms with van der Waals surface area (Å²) in [5.74, 6) is 0. The molecule has 0 radical (unpaired) electrons. The lowest BCUT2D eigenvalue weighted by Crippen LogP contribution is -2.09. The number of fused-ring (bicyclic) bond motifs is 2. The van der Waals surface area contributed by atoms with Crippen molar-refractivity contribution in [2.45, 2.75) is 37.0 Å². The number of hydrogen-bond donors (Lipinski definition) is 0. The van der Waals surface area contributed by atoms with Gasteiger partial charge >= 0.3 is 0 Å². The van der Waals surface area contributed by atoms with Gasteiger partial charge in [0.15, 0.2) is 0 Å². The molecule has 8 heavy (non-hydrogen) atoms. The first-order valence-electron chi connectivity index (χ1n) is 3.52. The molecule has 0 spiro atoms. The van der Waals surface area contributed by atoms with Crippen LogP contribution in [0.2, 0.25) is 5.54 Å². The van der Waals surface area contributed by atoms with E-state index >= 15 is 0 Å². The van der Waals surface area contributed by atoms with E-state index < -0.39 is 0 Å². The van der Waals surface area contributed by atoms with Crippen LogP contribution in [-0.2, 0) is 4.74 Å². The molecule has 2 fully saturated rings. The zero-order valence-corrected chi connectivity index (χ0v) is 7.26. The predicted octanol–water partition coefficient (Wildman–Crippen LogP) is 0.0916. The molecule has 2 aliphatic heterocycles. The Bertz CT molecular complexity index is 103. The molecule has 0 aliphatic carbocycles. The van der Waals surface area contributed by atoms with Gasteiger partial charge in [-0.05, 0) is 24.8 Å². The van der Waals surface area contributed by atoms with Crippen LogP contribution in [0.3, 0.4) is 0 Å². The van der Waals surface area contributed by atoms with Crippen LogP contribution in [0, 0.1) is 0 Å². The molecule has 0 aromatic carbocycles. The van der Waals surface area contributed by atoms with Gasteiger partial charge in [0.1, 0.15) is 0 Å². The van der Waals surface area contributed by atoms with Gasteiger partial charge in [0.05, 0.1) is 12.2 Å². The van der Waals surface area contributed by atoms with Crippen LogP contribution in [0.1, 0.15) is 19.3 Å². The summed E-state index contributed by atoms with van der Waals surface area (Å²) in [5.41, 5.74) is 0.994. The predicted molar refractivity (Wildman–Crippen MR) is 36.2 cm³/mol. The lowest BCUT2D eigenvalue weighted by molar-refractivity contribution is 0.105. The molecule has 2 heteroatoms. The Balaban J connectivity index is 2.11. The molecule has 1 nitrogen and oxygen atoms in total. The minimum Gasteiger partial charge on any atom is -0.375 e. The van der Waals surface area contributed by atoms with Gasteiger partial charge in [0.25, 0.3) is 0 Å². The molecule has 0 amide bonds. The molecule has 0 aromatic rings. The number of ether oxygens (including phenoxy) is 1. The largest absolute Gasteiger partial charge is 0.375 e. The van der Waals surface area contributed by atoms with Gasteiger partial charge in [0, 0.05) is 10.2 Å². The Kier molecular flexibility index (Phi) is 0.986. The SMILES string of the molecule is [SiH3]C1CC2CCC1O2. The maximum Gasteiger partial charge on any atom is 0.0580 e. The third-order valence-corrected chi connectivity index (χ3v) is 3.62. The van der Waals surface area contributed by atoms with E-state index in [0.29, 0.717) is 12.2 Å². The van der Waals surface area contributed by atoms with Gasteiger partial charge in [-0.3, -0.25) is 0 Å². The summed E-state index contributed by atoms with van der Waals surface area (Å²) >= 11 is 0. The molecule has 3 unspecified atom stereocenters. The summed E-state index contributed by atoms with van der Waals surface area (Å²) in [6.07, 6.45) is 5.48. The van der Waals surface area contributed by atoms with Crippen molar-refractivity contribution in [3.8, 4) is 0 Å². The first-order chi connectivity index (χ1) is 3.86. The maximum absolute atomic E-state index is 5.62. The zero-order chi connectivity index (χ0) is 5.56. The fraction of sp³-hybridized carbons (Fsp3) is 1.00. The average Bonchev–Trinajstić information content (AvgIpc) is 2.23. The van der Waals surface area contributed by atoms with E-state index in [9.17, 15) is 0 Å². The van der Waals surface area contributed by atoms with Gasteiger partial charge in [-0.25, -0.2) is 0 Å². The van der Waals surface area contributed by atoms with Crippen LogP contribution in [-0.4, -0.2) is 22.5 Å². The second kappa shape index (κ2) is 1.58. The molecule has 0 saturated carbocycles. The Labute approximate surface area is 52.8 Å². The Morgan fingerprint density at radius 2 is 2.25 bits per heavy atom. The summed E-state index contributed by atoms with van der Waals surface area (Å²) in [4.78, 5) is 0. The van der Waals surface area contributed by atoms with Crippen molar-refractivity contribution < 1.29 is 4.74 Å². The van der Waals surface area contributed by atoms with Crippen LogP contribution in [0.25, 0.3) is 0 Å². The normalized spacial score (nSPS) is 53.2. The van der Waals surface area contributed by atoms with Gasteiger partial charge in [-0.15, -0.1) is 0 Å². The molecule has 0 aromatic heterocycles. The van der Waals surface area contributed by atoms with Crippen molar-refractivity contribution in [3.63, 3.8) is 0 Å². The van der Waals surface area contributed by atoms with E-state index in [4.69, 9.17) is 4.74 Å². The van der Waals surface area contributed by atoms with Crippen LogP contribution in [0.15, 0.2) is 0 Å². The molecular weight excluding hydrogens is 116 g/mol. The molecule has 3 atom stereocenters. The van der Waals surface area contributed by atoms with E-state index in [1.807, 2.05) is 0 Å². The highest BCUT2D eigenvalue weighted by molar-refractivity contribution is 6.12. The zero-order valence-electron chi connectivity index (χ0n) is 5.26. The van der Waals surface area contributed by atoms with Crippen molar-refractivity contribution >= 4 is 10.2 Å². The van der Waals surface area contributed by atoms with Crippen molar-refractivity contribution in [3.05, 3.63) is 0 Å².